The van der Waals surface area contributed by atoms with Gasteiger partial charge in [-0.3, -0.25) is 9.88 Å². The molecular formula is C16H29N3O. The molecule has 0 aromatic carbocycles. The molecule has 0 unspecified atom stereocenters. The molecule has 0 aliphatic heterocycles. The summed E-state index contributed by atoms with van der Waals surface area (Å²) < 4.78 is 5.92. The standard InChI is InChI=1S/C16H29N3O/c1-6-17-11-15-7-8-18-12-16(15)20-10-9-19(13(2)3)14(4)5/h7-8,12-14,17H,6,9-11H2,1-5H3. The van der Waals surface area contributed by atoms with Crippen molar-refractivity contribution in [3.63, 3.8) is 0 Å². The van der Waals surface area contributed by atoms with Crippen molar-refractivity contribution in [2.75, 3.05) is 19.7 Å². The van der Waals surface area contributed by atoms with Crippen LogP contribution >= 0.6 is 0 Å². The molecule has 1 aromatic rings. The number of rotatable bonds is 9. The maximum absolute atomic E-state index is 5.92. The minimum atomic E-state index is 0.536. The molecule has 0 radical (unpaired) electrons. The molecule has 0 bridgehead atoms. The average Bonchev–Trinajstić information content (AvgIpc) is 2.41. The van der Waals surface area contributed by atoms with Gasteiger partial charge in [-0.05, 0) is 40.3 Å². The van der Waals surface area contributed by atoms with Gasteiger partial charge in [0.25, 0.3) is 0 Å². The van der Waals surface area contributed by atoms with Gasteiger partial charge in [0.2, 0.25) is 0 Å². The van der Waals surface area contributed by atoms with E-state index >= 15 is 0 Å². The molecule has 4 nitrogen and oxygen atoms in total. The fraction of sp³-hybridized carbons (Fsp3) is 0.688. The zero-order valence-corrected chi connectivity index (χ0v) is 13.5. The Kier molecular flexibility index (Phi) is 7.55. The number of pyridine rings is 1. The van der Waals surface area contributed by atoms with Gasteiger partial charge in [0.05, 0.1) is 6.20 Å². The highest BCUT2D eigenvalue weighted by Gasteiger charge is 2.13. The molecule has 0 atom stereocenters. The predicted molar refractivity (Wildman–Crippen MR) is 84.1 cm³/mol. The molecule has 0 fully saturated rings. The van der Waals surface area contributed by atoms with E-state index in [1.165, 1.54) is 5.56 Å². The van der Waals surface area contributed by atoms with Gasteiger partial charge >= 0.3 is 0 Å². The number of nitrogens with one attached hydrogen (secondary N) is 1. The maximum atomic E-state index is 5.92. The molecule has 1 aromatic heterocycles. The van der Waals surface area contributed by atoms with E-state index in [1.54, 1.807) is 0 Å². The highest BCUT2D eigenvalue weighted by atomic mass is 16.5. The van der Waals surface area contributed by atoms with Crippen molar-refractivity contribution in [1.29, 1.82) is 0 Å². The second-order valence-corrected chi connectivity index (χ2v) is 5.54. The minimum Gasteiger partial charge on any atom is -0.490 e. The second-order valence-electron chi connectivity index (χ2n) is 5.54. The first-order chi connectivity index (χ1) is 9.56. The summed E-state index contributed by atoms with van der Waals surface area (Å²) in [4.78, 5) is 6.59. The Labute approximate surface area is 123 Å². The normalized spacial score (nSPS) is 11.6. The van der Waals surface area contributed by atoms with Crippen LogP contribution in [0.5, 0.6) is 5.75 Å². The third-order valence-corrected chi connectivity index (χ3v) is 3.37. The molecule has 0 spiro atoms. The molecule has 0 saturated carbocycles. The topological polar surface area (TPSA) is 37.4 Å². The SMILES string of the molecule is CCNCc1ccncc1OCCN(C(C)C)C(C)C. The molecule has 114 valence electrons. The van der Waals surface area contributed by atoms with Crippen LogP contribution in [0.4, 0.5) is 0 Å². The molecule has 0 aliphatic rings. The van der Waals surface area contributed by atoms with Crippen molar-refractivity contribution in [1.82, 2.24) is 15.2 Å². The van der Waals surface area contributed by atoms with Crippen LogP contribution in [0.15, 0.2) is 18.5 Å². The number of nitrogens with zero attached hydrogens (tertiary/aromatic N) is 2. The van der Waals surface area contributed by atoms with Crippen molar-refractivity contribution < 1.29 is 4.74 Å². The second kappa shape index (κ2) is 8.93. The van der Waals surface area contributed by atoms with E-state index < -0.39 is 0 Å². The van der Waals surface area contributed by atoms with Gasteiger partial charge in [-0.15, -0.1) is 0 Å². The lowest BCUT2D eigenvalue weighted by Crippen LogP contribution is -2.39. The zero-order chi connectivity index (χ0) is 15.0. The molecule has 1 rings (SSSR count). The third kappa shape index (κ3) is 5.47. The van der Waals surface area contributed by atoms with E-state index in [0.29, 0.717) is 18.7 Å². The van der Waals surface area contributed by atoms with Gasteiger partial charge in [0.15, 0.2) is 0 Å². The Bertz CT molecular complexity index is 372. The van der Waals surface area contributed by atoms with Gasteiger partial charge in [-0.1, -0.05) is 6.92 Å². The van der Waals surface area contributed by atoms with Crippen molar-refractivity contribution in [2.24, 2.45) is 0 Å². The van der Waals surface area contributed by atoms with E-state index in [0.717, 1.165) is 25.4 Å². The maximum Gasteiger partial charge on any atom is 0.142 e. The number of ether oxygens (including phenoxy) is 1. The van der Waals surface area contributed by atoms with Crippen LogP contribution in [0.3, 0.4) is 0 Å². The van der Waals surface area contributed by atoms with Gasteiger partial charge in [-0.2, -0.15) is 0 Å². The first-order valence-corrected chi connectivity index (χ1v) is 7.58. The van der Waals surface area contributed by atoms with Gasteiger partial charge in [0, 0.05) is 36.9 Å². The summed E-state index contributed by atoms with van der Waals surface area (Å²) in [5.74, 6) is 0.890. The summed E-state index contributed by atoms with van der Waals surface area (Å²) in [5, 5.41) is 3.32. The van der Waals surface area contributed by atoms with Crippen LogP contribution in [0, 0.1) is 0 Å². The fourth-order valence-corrected chi connectivity index (χ4v) is 2.32. The summed E-state index contributed by atoms with van der Waals surface area (Å²) in [6.45, 7) is 14.4. The van der Waals surface area contributed by atoms with Gasteiger partial charge in [0.1, 0.15) is 12.4 Å². The molecule has 4 heteroatoms. The van der Waals surface area contributed by atoms with Crippen molar-refractivity contribution in [2.45, 2.75) is 53.2 Å². The summed E-state index contributed by atoms with van der Waals surface area (Å²) in [7, 11) is 0. The lowest BCUT2D eigenvalue weighted by molar-refractivity contribution is 0.141. The molecule has 0 aliphatic carbocycles. The molecule has 0 amide bonds. The Morgan fingerprint density at radius 1 is 1.25 bits per heavy atom. The summed E-state index contributed by atoms with van der Waals surface area (Å²) in [6.07, 6.45) is 3.62. The molecule has 0 saturated heterocycles. The molecule has 1 N–H and O–H groups in total. The first-order valence-electron chi connectivity index (χ1n) is 7.58. The summed E-state index contributed by atoms with van der Waals surface area (Å²) in [6, 6.07) is 3.09. The third-order valence-electron chi connectivity index (χ3n) is 3.37. The summed E-state index contributed by atoms with van der Waals surface area (Å²) in [5.41, 5.74) is 1.17. The predicted octanol–water partition coefficient (Wildman–Crippen LogP) is 2.69. The first kappa shape index (κ1) is 16.9. The quantitative estimate of drug-likeness (QED) is 0.754. The van der Waals surface area contributed by atoms with E-state index in [1.807, 2.05) is 18.5 Å². The van der Waals surface area contributed by atoms with Gasteiger partial charge in [-0.25, -0.2) is 0 Å². The lowest BCUT2D eigenvalue weighted by Gasteiger charge is -2.30. The highest BCUT2D eigenvalue weighted by molar-refractivity contribution is 5.29. The smallest absolute Gasteiger partial charge is 0.142 e. The van der Waals surface area contributed by atoms with Crippen LogP contribution in [-0.4, -0.2) is 41.7 Å². The Balaban J connectivity index is 2.52. The van der Waals surface area contributed by atoms with E-state index in [4.69, 9.17) is 4.74 Å². The average molecular weight is 279 g/mol. The Hall–Kier alpha value is -1.13. The van der Waals surface area contributed by atoms with Crippen molar-refractivity contribution >= 4 is 0 Å². The monoisotopic (exact) mass is 279 g/mol. The molecular weight excluding hydrogens is 250 g/mol. The van der Waals surface area contributed by atoms with Gasteiger partial charge < -0.3 is 10.1 Å². The molecule has 20 heavy (non-hydrogen) atoms. The van der Waals surface area contributed by atoms with Crippen LogP contribution in [0.1, 0.15) is 40.2 Å². The van der Waals surface area contributed by atoms with Crippen molar-refractivity contribution in [3.05, 3.63) is 24.0 Å². The van der Waals surface area contributed by atoms with E-state index in [-0.39, 0.29) is 0 Å². The number of aromatic nitrogens is 1. The van der Waals surface area contributed by atoms with Crippen LogP contribution < -0.4 is 10.1 Å². The van der Waals surface area contributed by atoms with Crippen LogP contribution in [0.25, 0.3) is 0 Å². The van der Waals surface area contributed by atoms with Crippen LogP contribution in [0.2, 0.25) is 0 Å². The van der Waals surface area contributed by atoms with Crippen molar-refractivity contribution in [3.8, 4) is 5.75 Å². The Morgan fingerprint density at radius 3 is 2.55 bits per heavy atom. The van der Waals surface area contributed by atoms with E-state index in [2.05, 4.69) is 49.8 Å². The minimum absolute atomic E-state index is 0.536. The summed E-state index contributed by atoms with van der Waals surface area (Å²) >= 11 is 0. The zero-order valence-electron chi connectivity index (χ0n) is 13.5. The fourth-order valence-electron chi connectivity index (χ4n) is 2.32. The number of hydrogen-bond acceptors (Lipinski definition) is 4. The lowest BCUT2D eigenvalue weighted by atomic mass is 10.2. The number of hydrogen-bond donors (Lipinski definition) is 1. The molecule has 1 heterocycles. The van der Waals surface area contributed by atoms with E-state index in [9.17, 15) is 0 Å². The largest absolute Gasteiger partial charge is 0.490 e. The Morgan fingerprint density at radius 2 is 1.95 bits per heavy atom. The highest BCUT2D eigenvalue weighted by Crippen LogP contribution is 2.16. The van der Waals surface area contributed by atoms with Crippen LogP contribution in [-0.2, 0) is 6.54 Å².